The van der Waals surface area contributed by atoms with E-state index in [4.69, 9.17) is 0 Å². The first kappa shape index (κ1) is 13.1. The summed E-state index contributed by atoms with van der Waals surface area (Å²) in [7, 11) is 3.35. The van der Waals surface area contributed by atoms with Gasteiger partial charge in [0, 0.05) is 33.5 Å². The second-order valence-electron chi connectivity index (χ2n) is 3.75. The van der Waals surface area contributed by atoms with Crippen LogP contribution in [0.25, 0.3) is 0 Å². The van der Waals surface area contributed by atoms with Crippen LogP contribution >= 0.6 is 0 Å². The lowest BCUT2D eigenvalue weighted by Gasteiger charge is -2.09. The van der Waals surface area contributed by atoms with Crippen molar-refractivity contribution in [2.75, 3.05) is 20.6 Å². The van der Waals surface area contributed by atoms with Gasteiger partial charge in [0.1, 0.15) is 5.82 Å². The number of aryl methyl sites for hydroxylation is 1. The minimum Gasteiger partial charge on any atom is -0.349 e. The molecule has 0 unspecified atom stereocenters. The minimum atomic E-state index is -0.368. The number of aromatic nitrogens is 3. The molecule has 0 aliphatic rings. The number of hydrogen-bond acceptors (Lipinski definition) is 4. The highest BCUT2D eigenvalue weighted by Gasteiger charge is 2.12. The third-order valence-electron chi connectivity index (χ3n) is 2.19. The van der Waals surface area contributed by atoms with Crippen molar-refractivity contribution in [2.24, 2.45) is 0 Å². The fourth-order valence-electron chi connectivity index (χ4n) is 1.14. The van der Waals surface area contributed by atoms with Gasteiger partial charge in [0.2, 0.25) is 11.7 Å². The van der Waals surface area contributed by atoms with Gasteiger partial charge in [-0.1, -0.05) is 6.92 Å². The molecule has 0 radical (unpaired) electrons. The first-order chi connectivity index (χ1) is 8.04. The van der Waals surface area contributed by atoms with Gasteiger partial charge in [-0.15, -0.1) is 5.10 Å². The molecular formula is C10H17N5O2. The van der Waals surface area contributed by atoms with Gasteiger partial charge in [-0.3, -0.25) is 14.7 Å². The number of carbonyl (C=O) groups is 2. The van der Waals surface area contributed by atoms with Crippen LogP contribution in [-0.2, 0) is 11.2 Å². The molecule has 0 aromatic carbocycles. The van der Waals surface area contributed by atoms with Gasteiger partial charge >= 0.3 is 0 Å². The van der Waals surface area contributed by atoms with Gasteiger partial charge in [0.15, 0.2) is 0 Å². The summed E-state index contributed by atoms with van der Waals surface area (Å²) < 4.78 is 0. The van der Waals surface area contributed by atoms with Crippen LogP contribution in [0.4, 0.5) is 0 Å². The monoisotopic (exact) mass is 239 g/mol. The molecule has 0 saturated heterocycles. The fraction of sp³-hybridized carbons (Fsp3) is 0.600. The molecule has 2 N–H and O–H groups in total. The lowest BCUT2D eigenvalue weighted by molar-refractivity contribution is -0.128. The van der Waals surface area contributed by atoms with Crippen molar-refractivity contribution in [3.63, 3.8) is 0 Å². The predicted molar refractivity (Wildman–Crippen MR) is 61.4 cm³/mol. The molecule has 17 heavy (non-hydrogen) atoms. The van der Waals surface area contributed by atoms with Crippen LogP contribution < -0.4 is 5.32 Å². The SMILES string of the molecule is CCc1nc(C(=O)NCCC(=O)N(C)C)n[nH]1. The summed E-state index contributed by atoms with van der Waals surface area (Å²) in [4.78, 5) is 28.3. The Balaban J connectivity index is 2.37. The largest absolute Gasteiger partial charge is 0.349 e. The summed E-state index contributed by atoms with van der Waals surface area (Å²) in [5, 5.41) is 9.02. The maximum Gasteiger partial charge on any atom is 0.290 e. The Morgan fingerprint density at radius 2 is 2.12 bits per heavy atom. The van der Waals surface area contributed by atoms with E-state index in [1.165, 1.54) is 4.90 Å². The summed E-state index contributed by atoms with van der Waals surface area (Å²) in [6, 6.07) is 0. The zero-order chi connectivity index (χ0) is 12.8. The Bertz CT molecular complexity index is 399. The average Bonchev–Trinajstić information content (AvgIpc) is 2.77. The van der Waals surface area contributed by atoms with Crippen molar-refractivity contribution < 1.29 is 9.59 Å². The van der Waals surface area contributed by atoms with E-state index in [0.717, 1.165) is 0 Å². The molecule has 7 nitrogen and oxygen atoms in total. The van der Waals surface area contributed by atoms with E-state index in [1.807, 2.05) is 6.92 Å². The number of carbonyl (C=O) groups excluding carboxylic acids is 2. The molecule has 0 saturated carbocycles. The molecule has 0 aliphatic carbocycles. The second-order valence-corrected chi connectivity index (χ2v) is 3.75. The Kier molecular flexibility index (Phi) is 4.62. The Hall–Kier alpha value is -1.92. The molecule has 0 bridgehead atoms. The van der Waals surface area contributed by atoms with Crippen LogP contribution in [0.5, 0.6) is 0 Å². The molecule has 1 aromatic rings. The summed E-state index contributed by atoms with van der Waals surface area (Å²) in [5.41, 5.74) is 0. The molecule has 7 heteroatoms. The van der Waals surface area contributed by atoms with Crippen molar-refractivity contribution in [2.45, 2.75) is 19.8 Å². The van der Waals surface area contributed by atoms with Crippen LogP contribution in [0.3, 0.4) is 0 Å². The third-order valence-corrected chi connectivity index (χ3v) is 2.19. The molecule has 0 aliphatic heterocycles. The summed E-state index contributed by atoms with van der Waals surface area (Å²) >= 11 is 0. The zero-order valence-corrected chi connectivity index (χ0v) is 10.3. The van der Waals surface area contributed by atoms with Crippen molar-refractivity contribution in [3.05, 3.63) is 11.6 Å². The van der Waals surface area contributed by atoms with Gasteiger partial charge in [-0.05, 0) is 0 Å². The van der Waals surface area contributed by atoms with Crippen LogP contribution in [0.15, 0.2) is 0 Å². The van der Waals surface area contributed by atoms with E-state index in [0.29, 0.717) is 12.2 Å². The summed E-state index contributed by atoms with van der Waals surface area (Å²) in [5.74, 6) is 0.376. The van der Waals surface area contributed by atoms with Crippen molar-refractivity contribution in [3.8, 4) is 0 Å². The highest BCUT2D eigenvalue weighted by molar-refractivity contribution is 5.90. The Morgan fingerprint density at radius 1 is 1.41 bits per heavy atom. The highest BCUT2D eigenvalue weighted by atomic mass is 16.2. The van der Waals surface area contributed by atoms with E-state index in [9.17, 15) is 9.59 Å². The molecule has 2 amide bonds. The van der Waals surface area contributed by atoms with E-state index in [2.05, 4.69) is 20.5 Å². The smallest absolute Gasteiger partial charge is 0.290 e. The molecule has 94 valence electrons. The van der Waals surface area contributed by atoms with Crippen molar-refractivity contribution in [1.29, 1.82) is 0 Å². The van der Waals surface area contributed by atoms with E-state index >= 15 is 0 Å². The van der Waals surface area contributed by atoms with E-state index in [1.54, 1.807) is 14.1 Å². The van der Waals surface area contributed by atoms with Crippen LogP contribution in [0, 0.1) is 0 Å². The molecular weight excluding hydrogens is 222 g/mol. The Labute approximate surface area is 99.6 Å². The van der Waals surface area contributed by atoms with Gasteiger partial charge in [-0.2, -0.15) is 0 Å². The number of rotatable bonds is 5. The lowest BCUT2D eigenvalue weighted by atomic mass is 10.3. The predicted octanol–water partition coefficient (Wildman–Crippen LogP) is -0.425. The normalized spacial score (nSPS) is 10.1. The quantitative estimate of drug-likeness (QED) is 0.729. The zero-order valence-electron chi connectivity index (χ0n) is 10.3. The molecule has 0 atom stereocenters. The first-order valence-electron chi connectivity index (χ1n) is 5.44. The standard InChI is InChI=1S/C10H17N5O2/c1-4-7-12-9(14-13-7)10(17)11-6-5-8(16)15(2)3/h4-6H2,1-3H3,(H,11,17)(H,12,13,14). The topological polar surface area (TPSA) is 91.0 Å². The molecule has 0 fully saturated rings. The summed E-state index contributed by atoms with van der Waals surface area (Å²) in [6.45, 7) is 2.20. The molecule has 1 rings (SSSR count). The van der Waals surface area contributed by atoms with Gasteiger partial charge < -0.3 is 10.2 Å². The third kappa shape index (κ3) is 3.86. The minimum absolute atomic E-state index is 0.0328. The fourth-order valence-corrected chi connectivity index (χ4v) is 1.14. The average molecular weight is 239 g/mol. The molecule has 0 spiro atoms. The van der Waals surface area contributed by atoms with Crippen molar-refractivity contribution in [1.82, 2.24) is 25.4 Å². The van der Waals surface area contributed by atoms with Crippen LogP contribution in [0.2, 0.25) is 0 Å². The van der Waals surface area contributed by atoms with Crippen molar-refractivity contribution >= 4 is 11.8 Å². The van der Waals surface area contributed by atoms with E-state index < -0.39 is 0 Å². The number of hydrogen-bond donors (Lipinski definition) is 2. The van der Waals surface area contributed by atoms with Crippen LogP contribution in [0.1, 0.15) is 29.8 Å². The first-order valence-corrected chi connectivity index (χ1v) is 5.44. The molecule has 1 heterocycles. The number of H-pyrrole nitrogens is 1. The summed E-state index contributed by atoms with van der Waals surface area (Å²) in [6.07, 6.45) is 0.962. The van der Waals surface area contributed by atoms with Gasteiger partial charge in [0.25, 0.3) is 5.91 Å². The lowest BCUT2D eigenvalue weighted by Crippen LogP contribution is -2.30. The Morgan fingerprint density at radius 3 is 2.65 bits per heavy atom. The highest BCUT2D eigenvalue weighted by Crippen LogP contribution is 1.93. The van der Waals surface area contributed by atoms with Gasteiger partial charge in [0.05, 0.1) is 0 Å². The molecule has 1 aromatic heterocycles. The number of nitrogens with zero attached hydrogens (tertiary/aromatic N) is 3. The maximum atomic E-state index is 11.5. The number of nitrogens with one attached hydrogen (secondary N) is 2. The van der Waals surface area contributed by atoms with Gasteiger partial charge in [-0.25, -0.2) is 4.98 Å². The second kappa shape index (κ2) is 5.97. The maximum absolute atomic E-state index is 11.5. The van der Waals surface area contributed by atoms with Crippen LogP contribution in [-0.4, -0.2) is 52.5 Å². The number of amides is 2. The number of aromatic amines is 1. The van der Waals surface area contributed by atoms with E-state index in [-0.39, 0.29) is 30.6 Å².